The number of hydrogen-bond donors (Lipinski definition) is 1. The third kappa shape index (κ3) is 1.36. The van der Waals surface area contributed by atoms with E-state index in [4.69, 9.17) is 9.84 Å². The molecular weight excluding hydrogens is 242 g/mol. The molecule has 0 amide bonds. The number of aliphatic carboxylic acids is 1. The number of benzene rings is 1. The fourth-order valence-electron chi connectivity index (χ4n) is 2.80. The average Bonchev–Trinajstić information content (AvgIpc) is 2.93. The summed E-state index contributed by atoms with van der Waals surface area (Å²) in [5.41, 5.74) is -1.13. The van der Waals surface area contributed by atoms with Crippen molar-refractivity contribution in [1.29, 1.82) is 0 Å². The zero-order chi connectivity index (χ0) is 13.0. The summed E-state index contributed by atoms with van der Waals surface area (Å²) in [6.45, 7) is 0.0406. The van der Waals surface area contributed by atoms with Gasteiger partial charge in [0.15, 0.2) is 0 Å². The maximum Gasteiger partial charge on any atom is 0.316 e. The number of rotatable bonds is 2. The number of ether oxygens (including phenoxy) is 1. The second kappa shape index (κ2) is 3.43. The van der Waals surface area contributed by atoms with E-state index in [1.54, 1.807) is 24.3 Å². The van der Waals surface area contributed by atoms with Gasteiger partial charge in [0.25, 0.3) is 5.92 Å². The van der Waals surface area contributed by atoms with Crippen molar-refractivity contribution in [3.8, 4) is 5.75 Å². The van der Waals surface area contributed by atoms with Crippen LogP contribution in [0.15, 0.2) is 24.3 Å². The van der Waals surface area contributed by atoms with Crippen LogP contribution in [-0.2, 0) is 11.2 Å². The summed E-state index contributed by atoms with van der Waals surface area (Å²) < 4.78 is 32.3. The van der Waals surface area contributed by atoms with Crippen LogP contribution in [0.5, 0.6) is 5.75 Å². The minimum Gasteiger partial charge on any atom is -0.493 e. The van der Waals surface area contributed by atoms with Gasteiger partial charge in [0.1, 0.15) is 11.2 Å². The molecule has 1 saturated carbocycles. The van der Waals surface area contributed by atoms with Gasteiger partial charge >= 0.3 is 5.97 Å². The number of alkyl halides is 2. The largest absolute Gasteiger partial charge is 0.493 e. The smallest absolute Gasteiger partial charge is 0.316 e. The molecule has 96 valence electrons. The maximum atomic E-state index is 13.4. The molecule has 1 heterocycles. The molecule has 0 saturated heterocycles. The lowest BCUT2D eigenvalue weighted by atomic mass is 9.82. The number of carboxylic acids is 1. The average molecular weight is 254 g/mol. The van der Waals surface area contributed by atoms with Crippen LogP contribution in [0.3, 0.4) is 0 Å². The van der Waals surface area contributed by atoms with Crippen LogP contribution < -0.4 is 4.74 Å². The zero-order valence-corrected chi connectivity index (χ0v) is 9.53. The van der Waals surface area contributed by atoms with E-state index in [0.29, 0.717) is 12.2 Å². The number of carbonyl (C=O) groups is 1. The van der Waals surface area contributed by atoms with Gasteiger partial charge in [-0.25, -0.2) is 8.78 Å². The van der Waals surface area contributed by atoms with E-state index in [2.05, 4.69) is 0 Å². The normalized spacial score (nSPS) is 32.2. The molecule has 2 atom stereocenters. The van der Waals surface area contributed by atoms with Crippen LogP contribution in [0.1, 0.15) is 12.0 Å². The lowest BCUT2D eigenvalue weighted by molar-refractivity contribution is -0.152. The molecule has 0 aromatic heterocycles. The Morgan fingerprint density at radius 3 is 2.67 bits per heavy atom. The Labute approximate surface area is 102 Å². The quantitative estimate of drug-likeness (QED) is 0.881. The molecule has 2 unspecified atom stereocenters. The summed E-state index contributed by atoms with van der Waals surface area (Å²) in [5.74, 6) is -4.53. The first-order valence-electron chi connectivity index (χ1n) is 5.79. The molecule has 1 fully saturated rings. The molecule has 1 aliphatic heterocycles. The number of hydrogen-bond acceptors (Lipinski definition) is 2. The Hall–Kier alpha value is -1.65. The van der Waals surface area contributed by atoms with Gasteiger partial charge in [-0.3, -0.25) is 4.79 Å². The van der Waals surface area contributed by atoms with Gasteiger partial charge in [0.05, 0.1) is 6.61 Å². The lowest BCUT2D eigenvalue weighted by Gasteiger charge is -2.29. The van der Waals surface area contributed by atoms with Crippen molar-refractivity contribution in [2.75, 3.05) is 6.61 Å². The van der Waals surface area contributed by atoms with Crippen molar-refractivity contribution in [2.45, 2.75) is 18.8 Å². The Morgan fingerprint density at radius 2 is 2.06 bits per heavy atom. The zero-order valence-electron chi connectivity index (χ0n) is 9.53. The van der Waals surface area contributed by atoms with E-state index >= 15 is 0 Å². The van der Waals surface area contributed by atoms with Gasteiger partial charge in [-0.05, 0) is 18.1 Å². The molecule has 5 heteroatoms. The summed E-state index contributed by atoms with van der Waals surface area (Å²) in [6, 6.07) is 7.16. The van der Waals surface area contributed by atoms with Gasteiger partial charge in [-0.1, -0.05) is 18.2 Å². The third-order valence-electron chi connectivity index (χ3n) is 3.99. The van der Waals surface area contributed by atoms with Crippen LogP contribution in [0, 0.1) is 11.3 Å². The highest BCUT2D eigenvalue weighted by atomic mass is 19.3. The molecule has 0 spiro atoms. The molecule has 1 aromatic rings. The molecule has 1 aliphatic carbocycles. The van der Waals surface area contributed by atoms with Crippen molar-refractivity contribution >= 4 is 5.97 Å². The summed E-state index contributed by atoms with van der Waals surface area (Å²) >= 11 is 0. The summed E-state index contributed by atoms with van der Waals surface area (Å²) in [4.78, 5) is 11.2. The molecule has 1 aromatic carbocycles. The van der Waals surface area contributed by atoms with Crippen LogP contribution in [0.4, 0.5) is 8.78 Å². The molecule has 1 N–H and O–H groups in total. The summed E-state index contributed by atoms with van der Waals surface area (Å²) in [6.07, 6.45) is -0.246. The standard InChI is InChI=1S/C13H12F2O3/c14-13(15)7-12(13,11(16)17)9-5-8-3-1-2-4-10(8)18-6-9/h1-4,9H,5-7H2,(H,16,17). The van der Waals surface area contributed by atoms with E-state index in [-0.39, 0.29) is 6.61 Å². The fraction of sp³-hybridized carbons (Fsp3) is 0.462. The van der Waals surface area contributed by atoms with E-state index in [9.17, 15) is 13.6 Å². The topological polar surface area (TPSA) is 46.5 Å². The molecule has 3 nitrogen and oxygen atoms in total. The van der Waals surface area contributed by atoms with E-state index < -0.39 is 29.6 Å². The van der Waals surface area contributed by atoms with Gasteiger partial charge < -0.3 is 9.84 Å². The first kappa shape index (κ1) is 11.4. The van der Waals surface area contributed by atoms with Crippen LogP contribution in [0.2, 0.25) is 0 Å². The Morgan fingerprint density at radius 1 is 1.39 bits per heavy atom. The molecule has 3 rings (SSSR count). The molecule has 0 radical (unpaired) electrons. The first-order valence-corrected chi connectivity index (χ1v) is 5.79. The third-order valence-corrected chi connectivity index (χ3v) is 3.99. The minimum absolute atomic E-state index is 0.0406. The Balaban J connectivity index is 1.91. The number of carboxylic acid groups (broad SMARTS) is 1. The lowest BCUT2D eigenvalue weighted by Crippen LogP contribution is -2.38. The van der Waals surface area contributed by atoms with Gasteiger partial charge in [-0.2, -0.15) is 0 Å². The fourth-order valence-corrected chi connectivity index (χ4v) is 2.80. The summed E-state index contributed by atoms with van der Waals surface area (Å²) in [5, 5.41) is 9.10. The second-order valence-electron chi connectivity index (χ2n) is 4.98. The van der Waals surface area contributed by atoms with Gasteiger partial charge in [-0.15, -0.1) is 0 Å². The predicted octanol–water partition coefficient (Wildman–Crippen LogP) is 2.35. The summed E-state index contributed by atoms with van der Waals surface area (Å²) in [7, 11) is 0. The van der Waals surface area contributed by atoms with Crippen LogP contribution in [-0.4, -0.2) is 23.6 Å². The molecular formula is C13H12F2O3. The van der Waals surface area contributed by atoms with Crippen molar-refractivity contribution < 1.29 is 23.4 Å². The number of fused-ring (bicyclic) bond motifs is 1. The highest BCUT2D eigenvalue weighted by Gasteiger charge is 2.79. The van der Waals surface area contributed by atoms with Crippen LogP contribution in [0.25, 0.3) is 0 Å². The van der Waals surface area contributed by atoms with Crippen molar-refractivity contribution in [1.82, 2.24) is 0 Å². The number of para-hydroxylation sites is 1. The van der Waals surface area contributed by atoms with Crippen molar-refractivity contribution in [3.05, 3.63) is 29.8 Å². The van der Waals surface area contributed by atoms with E-state index in [1.807, 2.05) is 0 Å². The van der Waals surface area contributed by atoms with Crippen LogP contribution >= 0.6 is 0 Å². The second-order valence-corrected chi connectivity index (χ2v) is 4.98. The maximum absolute atomic E-state index is 13.4. The van der Waals surface area contributed by atoms with E-state index in [1.165, 1.54) is 0 Å². The molecule has 0 bridgehead atoms. The Kier molecular flexibility index (Phi) is 2.18. The van der Waals surface area contributed by atoms with Gasteiger partial charge in [0.2, 0.25) is 0 Å². The minimum atomic E-state index is -3.11. The highest BCUT2D eigenvalue weighted by Crippen LogP contribution is 2.66. The van der Waals surface area contributed by atoms with E-state index in [0.717, 1.165) is 5.56 Å². The Bertz CT molecular complexity index is 515. The van der Waals surface area contributed by atoms with Gasteiger partial charge in [0, 0.05) is 12.3 Å². The molecule has 18 heavy (non-hydrogen) atoms. The monoisotopic (exact) mass is 254 g/mol. The van der Waals surface area contributed by atoms with Crippen molar-refractivity contribution in [2.24, 2.45) is 11.3 Å². The SMILES string of the molecule is O=C(O)C1(C2COc3ccccc3C2)CC1(F)F. The van der Waals surface area contributed by atoms with Crippen molar-refractivity contribution in [3.63, 3.8) is 0 Å². The first-order chi connectivity index (χ1) is 8.47. The molecule has 2 aliphatic rings. The predicted molar refractivity (Wildman–Crippen MR) is 58.8 cm³/mol. The number of halogens is 2. The highest BCUT2D eigenvalue weighted by molar-refractivity contribution is 5.81.